The number of hydrogen-bond acceptors (Lipinski definition) is 0. The van der Waals surface area contributed by atoms with Crippen molar-refractivity contribution in [3.05, 3.63) is 169 Å². The van der Waals surface area contributed by atoms with Crippen molar-refractivity contribution >= 4 is 53.9 Å². The lowest BCUT2D eigenvalue weighted by Gasteiger charge is -2.19. The minimum absolute atomic E-state index is 0.435. The van der Waals surface area contributed by atoms with E-state index in [-0.39, 0.29) is 0 Å². The highest BCUT2D eigenvalue weighted by atomic mass is 14.2. The molecule has 0 aliphatic heterocycles. The Labute approximate surface area is 294 Å². The van der Waals surface area contributed by atoms with Gasteiger partial charge in [0.25, 0.3) is 0 Å². The zero-order valence-electron chi connectivity index (χ0n) is 49.1. The molecule has 0 amide bonds. The molecule has 9 aromatic carbocycles. The van der Waals surface area contributed by atoms with Gasteiger partial charge in [0.1, 0.15) is 0 Å². The molecule has 0 saturated carbocycles. The van der Waals surface area contributed by atoms with Crippen LogP contribution in [0.15, 0.2) is 169 Å². The van der Waals surface area contributed by atoms with Crippen LogP contribution in [-0.4, -0.2) is 0 Å². The molecule has 0 heteroatoms. The number of benzene rings is 9. The maximum Gasteiger partial charge on any atom is 0.0636 e. The molecular weight excluding hydrogens is 528 g/mol. The highest BCUT2D eigenvalue weighted by Crippen LogP contribution is 2.46. The van der Waals surface area contributed by atoms with Crippen molar-refractivity contribution in [2.75, 3.05) is 0 Å². The Morgan fingerprint density at radius 3 is 1.61 bits per heavy atom. The molecule has 9 rings (SSSR count). The number of fused-ring (bicyclic) bond motifs is 5. The quantitative estimate of drug-likeness (QED) is 0.181. The lowest BCUT2D eigenvalue weighted by Crippen LogP contribution is -1.92. The fraction of sp³-hybridized carbons (Fsp3) is 0. The third-order valence-electron chi connectivity index (χ3n) is 7.17. The molecule has 0 bridgehead atoms. The minimum atomic E-state index is -1.03. The summed E-state index contributed by atoms with van der Waals surface area (Å²) in [6.45, 7) is 0. The molecule has 9 aromatic rings. The van der Waals surface area contributed by atoms with Gasteiger partial charge < -0.3 is 0 Å². The van der Waals surface area contributed by atoms with Gasteiger partial charge in [-0.2, -0.15) is 0 Å². The van der Waals surface area contributed by atoms with Crippen molar-refractivity contribution < 1.29 is 37.0 Å². The van der Waals surface area contributed by atoms with Gasteiger partial charge in [-0.3, -0.25) is 0 Å². The first-order valence-corrected chi connectivity index (χ1v) is 13.1. The van der Waals surface area contributed by atoms with Gasteiger partial charge in [-0.25, -0.2) is 0 Å². The van der Waals surface area contributed by atoms with E-state index < -0.39 is 250 Å². The predicted octanol–water partition coefficient (Wildman–Crippen LogP) is 12.5. The minimum Gasteiger partial charge on any atom is -0.0616 e. The van der Waals surface area contributed by atoms with Gasteiger partial charge in [-0.05, 0) is 99.3 Å². The zero-order valence-corrected chi connectivity index (χ0v) is 22.1. The average Bonchev–Trinajstić information content (AvgIpc) is 3.33. The van der Waals surface area contributed by atoms with Crippen molar-refractivity contribution in [1.82, 2.24) is 0 Å². The van der Waals surface area contributed by atoms with Gasteiger partial charge >= 0.3 is 0 Å². The summed E-state index contributed by atoms with van der Waals surface area (Å²) >= 11 is 0. The molecular formula is C44H28. The van der Waals surface area contributed by atoms with Crippen LogP contribution < -0.4 is 0 Å². The first-order valence-electron chi connectivity index (χ1n) is 26.6. The van der Waals surface area contributed by atoms with E-state index in [1.807, 2.05) is 0 Å². The van der Waals surface area contributed by atoms with Crippen molar-refractivity contribution in [2.45, 2.75) is 0 Å². The third kappa shape index (κ3) is 3.85. The van der Waals surface area contributed by atoms with Crippen molar-refractivity contribution in [1.29, 1.82) is 0 Å². The Balaban J connectivity index is 1.61. The predicted molar refractivity (Wildman–Crippen MR) is 190 cm³/mol. The van der Waals surface area contributed by atoms with Gasteiger partial charge in [-0.1, -0.05) is 157 Å². The Morgan fingerprint density at radius 2 is 0.841 bits per heavy atom. The molecule has 0 saturated heterocycles. The summed E-state index contributed by atoms with van der Waals surface area (Å²) in [5.74, 6) is 0. The first kappa shape index (κ1) is 9.91. The van der Waals surface area contributed by atoms with Crippen LogP contribution in [0, 0.1) is 0 Å². The van der Waals surface area contributed by atoms with Crippen LogP contribution in [0.3, 0.4) is 0 Å². The van der Waals surface area contributed by atoms with E-state index in [1.54, 1.807) is 0 Å². The second-order valence-electron chi connectivity index (χ2n) is 9.56. The Bertz CT molecular complexity index is 3980. The molecule has 44 heavy (non-hydrogen) atoms. The Hall–Kier alpha value is -5.72. The van der Waals surface area contributed by atoms with E-state index in [0.29, 0.717) is 0 Å². The van der Waals surface area contributed by atoms with Crippen molar-refractivity contribution in [3.63, 3.8) is 0 Å². The number of hydrogen-bond donors (Lipinski definition) is 0. The molecule has 0 unspecified atom stereocenters. The maximum atomic E-state index is 9.63. The molecule has 0 spiro atoms. The van der Waals surface area contributed by atoms with E-state index in [9.17, 15) is 13.7 Å². The van der Waals surface area contributed by atoms with Gasteiger partial charge in [-0.15, -0.1) is 0 Å². The molecule has 0 radical (unpaired) electrons. The van der Waals surface area contributed by atoms with Crippen molar-refractivity contribution in [2.24, 2.45) is 0 Å². The monoisotopic (exact) mass is 583 g/mol. The van der Waals surface area contributed by atoms with Crippen LogP contribution in [0.4, 0.5) is 0 Å². The highest BCUT2D eigenvalue weighted by molar-refractivity contribution is 6.24. The smallest absolute Gasteiger partial charge is 0.0616 e. The second kappa shape index (κ2) is 9.93. The summed E-state index contributed by atoms with van der Waals surface area (Å²) in [6.07, 6.45) is 0. The van der Waals surface area contributed by atoms with Gasteiger partial charge in [0.05, 0.1) is 37.0 Å². The van der Waals surface area contributed by atoms with Crippen LogP contribution in [0.5, 0.6) is 0 Å². The van der Waals surface area contributed by atoms with E-state index in [1.165, 1.54) is 0 Å². The van der Waals surface area contributed by atoms with Gasteiger partial charge in [0.2, 0.25) is 0 Å². The molecule has 0 aliphatic carbocycles. The first-order chi connectivity index (χ1) is 33.1. The van der Waals surface area contributed by atoms with Crippen LogP contribution in [0.25, 0.3) is 87.2 Å². The summed E-state index contributed by atoms with van der Waals surface area (Å²) in [5.41, 5.74) is -4.31. The second-order valence-corrected chi connectivity index (χ2v) is 9.56. The van der Waals surface area contributed by atoms with Crippen molar-refractivity contribution in [3.8, 4) is 33.4 Å². The lowest BCUT2D eigenvalue weighted by atomic mass is 9.84. The molecule has 0 fully saturated rings. The molecule has 0 aliphatic rings. The van der Waals surface area contributed by atoms with E-state index in [4.69, 9.17) is 23.3 Å². The normalized spacial score (nSPS) is 20.2. The molecule has 204 valence electrons. The maximum absolute atomic E-state index is 9.63. The third-order valence-corrected chi connectivity index (χ3v) is 7.17. The van der Waals surface area contributed by atoms with E-state index in [0.717, 1.165) is 6.07 Å². The molecule has 0 N–H and O–H groups in total. The molecule has 0 aromatic heterocycles. The van der Waals surface area contributed by atoms with Crippen LogP contribution in [-0.2, 0) is 0 Å². The molecule has 0 atom stereocenters. The standard InChI is InChI=1S/C44H28/c1-2-13-31-27-34(24-23-29(31)11-1)43-39-17-5-7-19-41(39)44(42-20-8-6-18-40(42)43)38-22-10-15-32-28-33(25-26-37(32)38)36-21-9-14-30-12-3-4-16-35(30)36/h1-28H/i1D,2D,3D,5D,6D,7D,8D,9D,10D,11D,12D,13D,14D,15D,16D,17D,18D,19D,20D,21D,22D,23D,24D,25D,26D,27D,28D. The van der Waals surface area contributed by atoms with E-state index >= 15 is 0 Å². The SMILES string of the molecule is [2H]c1cc([2H])c2c(-c3c([2H])c([2H])c4c(-c5c6c([2H])c([2H])c([2H])c([2H])c6c(-c6c([2H])c([2H])c7c([2H])c([2H])c([2H])c([2H])c7c6[2H])c6c([2H])c([2H])c([2H])c([2H])c56)c([2H])c([2H])c([2H])c4c3[2H])c([2H])c([2H])c([2H])c2c1[2H]. The summed E-state index contributed by atoms with van der Waals surface area (Å²) in [7, 11) is 0. The summed E-state index contributed by atoms with van der Waals surface area (Å²) in [4.78, 5) is 0. The Morgan fingerprint density at radius 1 is 0.295 bits per heavy atom. The number of rotatable bonds is 3. The van der Waals surface area contributed by atoms with Crippen LogP contribution in [0.1, 0.15) is 37.0 Å². The topological polar surface area (TPSA) is 0 Å². The molecule has 0 nitrogen and oxygen atoms in total. The summed E-state index contributed by atoms with van der Waals surface area (Å²) in [5, 5.41) is -6.53. The fourth-order valence-corrected chi connectivity index (χ4v) is 5.30. The van der Waals surface area contributed by atoms with Gasteiger partial charge in [0.15, 0.2) is 0 Å². The van der Waals surface area contributed by atoms with Gasteiger partial charge in [0, 0.05) is 0 Å². The zero-order chi connectivity index (χ0) is 52.5. The van der Waals surface area contributed by atoms with E-state index in [2.05, 4.69) is 0 Å². The lowest BCUT2D eigenvalue weighted by molar-refractivity contribution is 1.66. The summed E-state index contributed by atoms with van der Waals surface area (Å²) < 4.78 is 243. The van der Waals surface area contributed by atoms with Crippen LogP contribution >= 0.6 is 0 Å². The molecule has 0 heterocycles. The van der Waals surface area contributed by atoms with Crippen LogP contribution in [0.2, 0.25) is 0 Å². The fourth-order valence-electron chi connectivity index (χ4n) is 5.30. The largest absolute Gasteiger partial charge is 0.0636 e. The Kier molecular flexibility index (Phi) is 2.24. The summed E-state index contributed by atoms with van der Waals surface area (Å²) in [6, 6.07) is -23.3. The highest BCUT2D eigenvalue weighted by Gasteiger charge is 2.18. The average molecular weight is 584 g/mol.